The first-order valence-corrected chi connectivity index (χ1v) is 9.33. The van der Waals surface area contributed by atoms with Crippen molar-refractivity contribution in [3.63, 3.8) is 0 Å². The van der Waals surface area contributed by atoms with Crippen LogP contribution in [0.5, 0.6) is 0 Å². The van der Waals surface area contributed by atoms with Crippen molar-refractivity contribution in [3.8, 4) is 5.69 Å². The first kappa shape index (κ1) is 16.4. The van der Waals surface area contributed by atoms with Crippen LogP contribution in [0, 0.1) is 6.92 Å². The third kappa shape index (κ3) is 3.40. The van der Waals surface area contributed by atoms with Gasteiger partial charge in [0.05, 0.1) is 0 Å². The van der Waals surface area contributed by atoms with E-state index in [1.165, 1.54) is 8.92 Å². The van der Waals surface area contributed by atoms with Crippen LogP contribution in [-0.2, 0) is 4.74 Å². The fourth-order valence-electron chi connectivity index (χ4n) is 2.28. The van der Waals surface area contributed by atoms with E-state index in [9.17, 15) is 4.79 Å². The van der Waals surface area contributed by atoms with E-state index in [-0.39, 0.29) is 20.7 Å². The SMILES string of the molecule is CCOC(=O)c1nnn(-c2ccccc2[Se]c2ccccc2)c1C. The molecule has 3 aromatic rings. The third-order valence-electron chi connectivity index (χ3n) is 3.43. The molecule has 0 spiro atoms. The summed E-state index contributed by atoms with van der Waals surface area (Å²) in [7, 11) is 0. The molecule has 0 aliphatic carbocycles. The first-order chi connectivity index (χ1) is 11.7. The molecule has 0 unspecified atom stereocenters. The number of carbonyl (C=O) groups is 1. The van der Waals surface area contributed by atoms with Crippen molar-refractivity contribution in [1.29, 1.82) is 0 Å². The monoisotopic (exact) mass is 387 g/mol. The number of aromatic nitrogens is 3. The Bertz CT molecular complexity index is 846. The van der Waals surface area contributed by atoms with Crippen molar-refractivity contribution in [1.82, 2.24) is 15.0 Å². The van der Waals surface area contributed by atoms with Crippen molar-refractivity contribution in [2.75, 3.05) is 6.61 Å². The van der Waals surface area contributed by atoms with Crippen LogP contribution in [0.1, 0.15) is 23.1 Å². The van der Waals surface area contributed by atoms with Gasteiger partial charge in [0.15, 0.2) is 0 Å². The maximum atomic E-state index is 12.0. The second kappa shape index (κ2) is 7.43. The molecule has 0 amide bonds. The van der Waals surface area contributed by atoms with E-state index in [1.807, 2.05) is 43.3 Å². The normalized spacial score (nSPS) is 10.6. The second-order valence-corrected chi connectivity index (χ2v) is 7.38. The summed E-state index contributed by atoms with van der Waals surface area (Å²) in [6.07, 6.45) is 0. The zero-order chi connectivity index (χ0) is 16.9. The molecule has 0 N–H and O–H groups in total. The van der Waals surface area contributed by atoms with Crippen LogP contribution in [0.2, 0.25) is 0 Å². The molecule has 0 bridgehead atoms. The average Bonchev–Trinajstić information content (AvgIpc) is 2.98. The zero-order valence-electron chi connectivity index (χ0n) is 13.5. The van der Waals surface area contributed by atoms with Crippen LogP contribution < -0.4 is 8.92 Å². The quantitative estimate of drug-likeness (QED) is 0.492. The molecular formula is C18H17N3O2Se. The fraction of sp³-hybridized carbons (Fsp3) is 0.167. The summed E-state index contributed by atoms with van der Waals surface area (Å²) in [5.41, 5.74) is 1.89. The van der Waals surface area contributed by atoms with Gasteiger partial charge in [0.2, 0.25) is 0 Å². The molecule has 6 heteroatoms. The van der Waals surface area contributed by atoms with Gasteiger partial charge in [-0.25, -0.2) is 0 Å². The number of rotatable bonds is 5. The van der Waals surface area contributed by atoms with E-state index >= 15 is 0 Å². The standard InChI is InChI=1S/C18H17N3O2Se/c1-3-23-18(22)17-13(2)21(20-19-17)15-11-7-8-12-16(15)24-14-9-5-4-6-10-14/h4-12H,3H2,1-2H3. The maximum absolute atomic E-state index is 12.0. The molecule has 3 rings (SSSR count). The summed E-state index contributed by atoms with van der Waals surface area (Å²) < 4.78 is 9.21. The van der Waals surface area contributed by atoms with Gasteiger partial charge in [-0.05, 0) is 0 Å². The molecule has 0 atom stereocenters. The fourth-order valence-corrected chi connectivity index (χ4v) is 4.28. The Labute approximate surface area is 146 Å². The number of ether oxygens (including phenoxy) is 1. The number of hydrogen-bond donors (Lipinski definition) is 0. The van der Waals surface area contributed by atoms with Gasteiger partial charge in [-0.1, -0.05) is 0 Å². The Morgan fingerprint density at radius 3 is 2.58 bits per heavy atom. The Morgan fingerprint density at radius 1 is 1.12 bits per heavy atom. The van der Waals surface area contributed by atoms with Crippen molar-refractivity contribution in [3.05, 3.63) is 66.0 Å². The molecule has 2 aromatic carbocycles. The van der Waals surface area contributed by atoms with E-state index in [1.54, 1.807) is 11.6 Å². The van der Waals surface area contributed by atoms with Gasteiger partial charge in [0.1, 0.15) is 0 Å². The van der Waals surface area contributed by atoms with Gasteiger partial charge in [0, 0.05) is 0 Å². The van der Waals surface area contributed by atoms with Crippen LogP contribution in [0.3, 0.4) is 0 Å². The molecule has 1 aromatic heterocycles. The summed E-state index contributed by atoms with van der Waals surface area (Å²) in [5.74, 6) is -0.438. The van der Waals surface area contributed by atoms with Crippen molar-refractivity contribution in [2.45, 2.75) is 13.8 Å². The summed E-state index contributed by atoms with van der Waals surface area (Å²) in [5, 5.41) is 8.17. The number of hydrogen-bond acceptors (Lipinski definition) is 4. The molecular weight excluding hydrogens is 369 g/mol. The zero-order valence-corrected chi connectivity index (χ0v) is 15.2. The van der Waals surface area contributed by atoms with E-state index in [0.717, 1.165) is 5.69 Å². The topological polar surface area (TPSA) is 57.0 Å². The molecule has 0 radical (unpaired) electrons. The molecule has 24 heavy (non-hydrogen) atoms. The van der Waals surface area contributed by atoms with Crippen molar-refractivity contribution < 1.29 is 9.53 Å². The van der Waals surface area contributed by atoms with Crippen LogP contribution >= 0.6 is 0 Å². The van der Waals surface area contributed by atoms with E-state index in [4.69, 9.17) is 4.74 Å². The Morgan fingerprint density at radius 2 is 1.83 bits per heavy atom. The van der Waals surface area contributed by atoms with Gasteiger partial charge in [0.25, 0.3) is 0 Å². The number of esters is 1. The van der Waals surface area contributed by atoms with E-state index in [2.05, 4.69) is 28.5 Å². The summed E-state index contributed by atoms with van der Waals surface area (Å²) in [6, 6.07) is 18.4. The molecule has 1 heterocycles. The summed E-state index contributed by atoms with van der Waals surface area (Å²) in [4.78, 5) is 12.0. The summed E-state index contributed by atoms with van der Waals surface area (Å²) >= 11 is 0.139. The average molecular weight is 386 g/mol. The van der Waals surface area contributed by atoms with Gasteiger partial charge in [-0.15, -0.1) is 0 Å². The van der Waals surface area contributed by atoms with Gasteiger partial charge >= 0.3 is 147 Å². The minimum atomic E-state index is -0.438. The molecule has 0 aliphatic heterocycles. The molecule has 0 saturated carbocycles. The number of carbonyl (C=O) groups excluding carboxylic acids is 1. The first-order valence-electron chi connectivity index (χ1n) is 7.62. The Hall–Kier alpha value is -2.43. The third-order valence-corrected chi connectivity index (χ3v) is 5.68. The predicted octanol–water partition coefficient (Wildman–Crippen LogP) is 1.41. The van der Waals surface area contributed by atoms with E-state index < -0.39 is 5.97 Å². The summed E-state index contributed by atoms with van der Waals surface area (Å²) in [6.45, 7) is 3.92. The van der Waals surface area contributed by atoms with Crippen LogP contribution in [-0.4, -0.2) is 42.5 Å². The van der Waals surface area contributed by atoms with Crippen molar-refractivity contribution >= 4 is 29.8 Å². The van der Waals surface area contributed by atoms with Crippen molar-refractivity contribution in [2.24, 2.45) is 0 Å². The van der Waals surface area contributed by atoms with Crippen LogP contribution in [0.4, 0.5) is 0 Å². The van der Waals surface area contributed by atoms with Gasteiger partial charge in [-0.3, -0.25) is 0 Å². The number of benzene rings is 2. The molecule has 122 valence electrons. The van der Waals surface area contributed by atoms with E-state index in [0.29, 0.717) is 12.3 Å². The Balaban J connectivity index is 1.97. The molecule has 0 aliphatic rings. The predicted molar refractivity (Wildman–Crippen MR) is 93.5 cm³/mol. The van der Waals surface area contributed by atoms with Gasteiger partial charge in [-0.2, -0.15) is 0 Å². The minimum absolute atomic E-state index is 0.139. The van der Waals surface area contributed by atoms with Crippen LogP contribution in [0.25, 0.3) is 5.69 Å². The van der Waals surface area contributed by atoms with Gasteiger partial charge < -0.3 is 0 Å². The second-order valence-electron chi connectivity index (χ2n) is 5.04. The van der Waals surface area contributed by atoms with Crippen LogP contribution in [0.15, 0.2) is 54.6 Å². The molecule has 5 nitrogen and oxygen atoms in total. The number of nitrogens with zero attached hydrogens (tertiary/aromatic N) is 3. The molecule has 0 fully saturated rings. The number of para-hydroxylation sites is 1. The Kier molecular flexibility index (Phi) is 5.08. The molecule has 0 saturated heterocycles.